The lowest BCUT2D eigenvalue weighted by atomic mass is 10.9. The summed E-state index contributed by atoms with van der Waals surface area (Å²) in [5.74, 6) is 0. The van der Waals surface area contributed by atoms with Crippen LogP contribution in [0.5, 0.6) is 0 Å². The summed E-state index contributed by atoms with van der Waals surface area (Å²) >= 11 is 12.2. The molecular weight excluding hydrogens is 1430 g/mol. The second kappa shape index (κ2) is 57.2. The molecule has 0 fully saturated rings. The van der Waals surface area contributed by atoms with Gasteiger partial charge in [0.2, 0.25) is 0 Å². The van der Waals surface area contributed by atoms with Crippen LogP contribution >= 0.6 is 44.5 Å². The maximum Gasteiger partial charge on any atom is 0.519 e. The average molecular weight is 1550 g/mol. The first kappa shape index (κ1) is 95.5. The Hall–Kier alpha value is 2.09. The Labute approximate surface area is 560 Å². The SMILES string of the molecule is CCO[Si](C[Si](OCC)(OCC)OCC)(OCC)OCC.CCO[Si](OCC)(OCC)C(Br)[Si](OCC)(OCC)OCC.CCO[Si](OCC)(OCC)C(Br)[Si](OCC)(OCC)OCC.CCO[Si](OCC)(OCC)C(S)[Si](OCC)(OCC)OCC. The molecule has 0 radical (unpaired) electrons. The molecular formula is C52H126Br2O24SSi8. The van der Waals surface area contributed by atoms with E-state index in [1.165, 1.54) is 0 Å². The van der Waals surface area contributed by atoms with Gasteiger partial charge >= 0.3 is 70.4 Å². The van der Waals surface area contributed by atoms with E-state index in [1.54, 1.807) is 0 Å². The fourth-order valence-corrected chi connectivity index (χ4v) is 43.5. The molecule has 0 amide bonds. The molecule has 530 valence electrons. The highest BCUT2D eigenvalue weighted by atomic mass is 79.9. The van der Waals surface area contributed by atoms with E-state index in [4.69, 9.17) is 119 Å². The van der Waals surface area contributed by atoms with Crippen molar-refractivity contribution < 1.29 is 106 Å². The molecule has 35 heteroatoms. The molecule has 0 saturated carbocycles. The predicted molar refractivity (Wildman–Crippen MR) is 368 cm³/mol. The van der Waals surface area contributed by atoms with Crippen molar-refractivity contribution in [2.24, 2.45) is 0 Å². The van der Waals surface area contributed by atoms with Crippen molar-refractivity contribution in [3.8, 4) is 0 Å². The quantitative estimate of drug-likeness (QED) is 0.0340. The van der Waals surface area contributed by atoms with Crippen LogP contribution < -0.4 is 0 Å². The van der Waals surface area contributed by atoms with Crippen LogP contribution in [0.25, 0.3) is 0 Å². The van der Waals surface area contributed by atoms with Crippen LogP contribution in [-0.2, 0) is 106 Å². The lowest BCUT2D eigenvalue weighted by Crippen LogP contribution is -2.69. The van der Waals surface area contributed by atoms with Gasteiger partial charge in [-0.2, -0.15) is 12.6 Å². The van der Waals surface area contributed by atoms with Gasteiger partial charge in [-0.1, -0.05) is 31.9 Å². The minimum Gasteiger partial charge on any atom is -0.374 e. The highest BCUT2D eigenvalue weighted by molar-refractivity contribution is 9.10. The smallest absolute Gasteiger partial charge is 0.374 e. The molecule has 0 aromatic rings. The Morgan fingerprint density at radius 1 is 0.195 bits per heavy atom. The van der Waals surface area contributed by atoms with E-state index in [9.17, 15) is 0 Å². The molecule has 0 aliphatic heterocycles. The van der Waals surface area contributed by atoms with E-state index in [1.807, 2.05) is 166 Å². The van der Waals surface area contributed by atoms with Gasteiger partial charge in [0.25, 0.3) is 0 Å². The van der Waals surface area contributed by atoms with Gasteiger partial charge < -0.3 is 106 Å². The van der Waals surface area contributed by atoms with Crippen LogP contribution in [0, 0.1) is 0 Å². The van der Waals surface area contributed by atoms with Gasteiger partial charge in [-0.05, 0) is 166 Å². The van der Waals surface area contributed by atoms with E-state index in [0.717, 1.165) is 0 Å². The van der Waals surface area contributed by atoms with E-state index >= 15 is 0 Å². The summed E-state index contributed by atoms with van der Waals surface area (Å²) in [7, 11) is -24.1. The maximum atomic E-state index is 5.96. The zero-order valence-corrected chi connectivity index (χ0v) is 70.5. The lowest BCUT2D eigenvalue weighted by Gasteiger charge is -2.40. The summed E-state index contributed by atoms with van der Waals surface area (Å²) in [6, 6.07) is 0. The summed E-state index contributed by atoms with van der Waals surface area (Å²) < 4.78 is 141. The van der Waals surface area contributed by atoms with Crippen molar-refractivity contribution in [1.82, 2.24) is 0 Å². The molecule has 0 aliphatic rings. The molecule has 0 bridgehead atoms. The molecule has 0 aromatic heterocycles. The van der Waals surface area contributed by atoms with Crippen LogP contribution in [0.1, 0.15) is 166 Å². The number of alkyl halides is 2. The highest BCUT2D eigenvalue weighted by Crippen LogP contribution is 2.35. The summed E-state index contributed by atoms with van der Waals surface area (Å²) in [6.45, 7) is 58.0. The van der Waals surface area contributed by atoms with Gasteiger partial charge in [0.1, 0.15) is 4.50 Å². The second-order valence-electron chi connectivity index (χ2n) is 16.7. The van der Waals surface area contributed by atoms with Crippen molar-refractivity contribution in [3.05, 3.63) is 0 Å². The molecule has 0 unspecified atom stereocenters. The van der Waals surface area contributed by atoms with Gasteiger partial charge in [0, 0.05) is 159 Å². The Morgan fingerprint density at radius 2 is 0.299 bits per heavy atom. The van der Waals surface area contributed by atoms with Crippen molar-refractivity contribution in [2.45, 2.75) is 184 Å². The second-order valence-corrected chi connectivity index (χ2v) is 46.9. The Kier molecular flexibility index (Phi) is 62.8. The van der Waals surface area contributed by atoms with Crippen molar-refractivity contribution >= 4 is 115 Å². The van der Waals surface area contributed by atoms with Crippen molar-refractivity contribution in [3.63, 3.8) is 0 Å². The molecule has 0 saturated heterocycles. The van der Waals surface area contributed by atoms with Crippen LogP contribution in [0.4, 0.5) is 0 Å². The first-order chi connectivity index (χ1) is 41.6. The molecule has 0 aliphatic carbocycles. The van der Waals surface area contributed by atoms with E-state index in [0.29, 0.717) is 164 Å². The Morgan fingerprint density at radius 3 is 0.402 bits per heavy atom. The summed E-state index contributed by atoms with van der Waals surface area (Å²) in [6.07, 6.45) is 0. The molecule has 0 spiro atoms. The predicted octanol–water partition coefficient (Wildman–Crippen LogP) is 10.9. The van der Waals surface area contributed by atoms with Crippen LogP contribution in [0.2, 0.25) is 5.67 Å². The number of thiol groups is 1. The molecule has 0 aromatic carbocycles. The Balaban J connectivity index is -0.000000528. The first-order valence-electron chi connectivity index (χ1n) is 31.9. The normalized spacial score (nSPS) is 13.0. The highest BCUT2D eigenvalue weighted by Gasteiger charge is 2.67. The lowest BCUT2D eigenvalue weighted by molar-refractivity contribution is 0.0433. The van der Waals surface area contributed by atoms with Crippen LogP contribution in [0.3, 0.4) is 0 Å². The minimum atomic E-state index is -3.10. The maximum absolute atomic E-state index is 5.96. The summed E-state index contributed by atoms with van der Waals surface area (Å²) in [5.41, 5.74) is 0.449. The molecule has 0 atom stereocenters. The molecule has 0 N–H and O–H groups in total. The number of rotatable bonds is 56. The van der Waals surface area contributed by atoms with Crippen molar-refractivity contribution in [2.75, 3.05) is 159 Å². The summed E-state index contributed by atoms with van der Waals surface area (Å²) in [5, 5.41) is 0. The third-order valence-electron chi connectivity index (χ3n) is 10.7. The standard InChI is InChI=1S/2C13H31BrO6Si2.C13H32O6SSi2.C13H32O6Si2/c2*1-7-15-21(16-8-2,17-9-3)13(14)22(18-10-4,19-11-5)20-12-6;1-7-14-21(15-8-2,16-9-3)13(20)22(17-10-4,18-11-5)19-12-6;1-7-14-20(15-8-2,16-9-3)13-21(17-10-4,18-11-5)19-12-6/h2*13H,7-12H2,1-6H3;13,20H,7-12H2,1-6H3;7-13H2,1-6H3. The van der Waals surface area contributed by atoms with Crippen LogP contribution in [0.15, 0.2) is 0 Å². The summed E-state index contributed by atoms with van der Waals surface area (Å²) in [4.78, 5) is 0. The molecule has 24 nitrogen and oxygen atoms in total. The van der Waals surface area contributed by atoms with E-state index in [2.05, 4.69) is 31.9 Å². The van der Waals surface area contributed by atoms with Gasteiger partial charge in [0.15, 0.2) is 8.15 Å². The Bertz CT molecular complexity index is 1170. The average Bonchev–Trinajstić information content (AvgIpc) is 1.14. The molecule has 0 rings (SSSR count). The first-order valence-corrected chi connectivity index (χ1v) is 49.0. The number of hydrogen-bond acceptors (Lipinski definition) is 25. The van der Waals surface area contributed by atoms with Crippen LogP contribution in [-0.4, -0.2) is 242 Å². The fraction of sp³-hybridized carbons (Fsp3) is 1.00. The zero-order valence-electron chi connectivity index (χ0n) is 58.4. The van der Waals surface area contributed by atoms with Gasteiger partial charge in [-0.15, -0.1) is 0 Å². The van der Waals surface area contributed by atoms with E-state index < -0.39 is 74.9 Å². The third-order valence-corrected chi connectivity index (χ3v) is 49.8. The van der Waals surface area contributed by atoms with Gasteiger partial charge in [-0.25, -0.2) is 0 Å². The van der Waals surface area contributed by atoms with Gasteiger partial charge in [0.05, 0.1) is 5.67 Å². The largest absolute Gasteiger partial charge is 0.519 e. The number of hydrogen-bond donors (Lipinski definition) is 1. The topological polar surface area (TPSA) is 222 Å². The van der Waals surface area contributed by atoms with Crippen molar-refractivity contribution in [1.29, 1.82) is 0 Å². The van der Waals surface area contributed by atoms with Gasteiger partial charge in [-0.3, -0.25) is 0 Å². The zero-order chi connectivity index (χ0) is 67.4. The third kappa shape index (κ3) is 33.3. The minimum absolute atomic E-state index is 0.368. The monoisotopic (exact) mass is 1550 g/mol. The molecule has 0 heterocycles. The number of halogens is 2. The molecule has 87 heavy (non-hydrogen) atoms. The van der Waals surface area contributed by atoms with E-state index in [-0.39, 0.29) is 8.15 Å². The fourth-order valence-electron chi connectivity index (χ4n) is 8.51.